The van der Waals surface area contributed by atoms with E-state index in [0.717, 1.165) is 38.5 Å². The van der Waals surface area contributed by atoms with Crippen LogP contribution in [0, 0.1) is 6.92 Å². The van der Waals surface area contributed by atoms with Gasteiger partial charge in [-0.25, -0.2) is 4.98 Å². The van der Waals surface area contributed by atoms with Gasteiger partial charge in [-0.3, -0.25) is 0 Å². The van der Waals surface area contributed by atoms with Crippen LogP contribution in [0.2, 0.25) is 0 Å². The van der Waals surface area contributed by atoms with Gasteiger partial charge in [0.15, 0.2) is 0 Å². The molecule has 4 aromatic rings. The third-order valence-electron chi connectivity index (χ3n) is 4.23. The number of thiazole rings is 1. The molecule has 4 rings (SSSR count). The molecule has 146 valence electrons. The Hall–Kier alpha value is -3.26. The van der Waals surface area contributed by atoms with Gasteiger partial charge in [0.05, 0.1) is 21.5 Å². The standard InChI is InChI=1S/C21H14F3N3OS/c1-12-2-9-19-17(10-12)25-20(29-19)13-3-6-15(7-4-13)26-27-16-8-5-14(11-18(16)28)21(22,23)24/h2-11,28H,1H3. The first-order valence-electron chi connectivity index (χ1n) is 8.59. The Morgan fingerprint density at radius 2 is 1.69 bits per heavy atom. The molecule has 0 amide bonds. The Morgan fingerprint density at radius 1 is 0.931 bits per heavy atom. The van der Waals surface area contributed by atoms with Crippen LogP contribution in [0.1, 0.15) is 11.1 Å². The van der Waals surface area contributed by atoms with E-state index in [0.29, 0.717) is 11.8 Å². The lowest BCUT2D eigenvalue weighted by molar-refractivity contribution is -0.137. The molecule has 0 spiro atoms. The Bertz CT molecular complexity index is 1210. The molecule has 0 atom stereocenters. The van der Waals surface area contributed by atoms with Gasteiger partial charge in [-0.1, -0.05) is 6.07 Å². The van der Waals surface area contributed by atoms with Crippen LogP contribution in [0.4, 0.5) is 24.5 Å². The maximum Gasteiger partial charge on any atom is 0.416 e. The van der Waals surface area contributed by atoms with Crippen molar-refractivity contribution in [1.29, 1.82) is 0 Å². The molecule has 0 radical (unpaired) electrons. The Morgan fingerprint density at radius 3 is 2.38 bits per heavy atom. The molecule has 0 aliphatic heterocycles. The molecule has 0 saturated carbocycles. The van der Waals surface area contributed by atoms with Crippen LogP contribution in [-0.2, 0) is 6.18 Å². The van der Waals surface area contributed by atoms with Gasteiger partial charge in [-0.15, -0.1) is 16.5 Å². The summed E-state index contributed by atoms with van der Waals surface area (Å²) in [5.74, 6) is -0.579. The molecule has 0 aliphatic rings. The SMILES string of the molecule is Cc1ccc2sc(-c3ccc(N=Nc4ccc(C(F)(F)F)cc4O)cc3)nc2c1. The molecule has 3 aromatic carbocycles. The minimum absolute atomic E-state index is 0.0383. The normalized spacial score (nSPS) is 12.1. The van der Waals surface area contributed by atoms with Crippen molar-refractivity contribution in [1.82, 2.24) is 4.98 Å². The van der Waals surface area contributed by atoms with Gasteiger partial charge < -0.3 is 5.11 Å². The summed E-state index contributed by atoms with van der Waals surface area (Å²) >= 11 is 1.59. The summed E-state index contributed by atoms with van der Waals surface area (Å²) in [7, 11) is 0. The molecule has 0 saturated heterocycles. The number of rotatable bonds is 3. The number of alkyl halides is 3. The van der Waals surface area contributed by atoms with Gasteiger partial charge in [0.25, 0.3) is 0 Å². The second kappa shape index (κ2) is 7.29. The van der Waals surface area contributed by atoms with Crippen molar-refractivity contribution in [3.05, 3.63) is 71.8 Å². The number of aromatic hydroxyl groups is 1. The number of hydrogen-bond donors (Lipinski definition) is 1. The first-order valence-corrected chi connectivity index (χ1v) is 9.41. The van der Waals surface area contributed by atoms with E-state index in [9.17, 15) is 18.3 Å². The van der Waals surface area contributed by atoms with Crippen LogP contribution < -0.4 is 0 Å². The van der Waals surface area contributed by atoms with Crippen LogP contribution in [0.5, 0.6) is 5.75 Å². The number of phenolic OH excluding ortho intramolecular Hbond substituents is 1. The summed E-state index contributed by atoms with van der Waals surface area (Å²) in [6, 6.07) is 15.9. The van der Waals surface area contributed by atoms with Crippen LogP contribution >= 0.6 is 11.3 Å². The van der Waals surface area contributed by atoms with Crippen molar-refractivity contribution >= 4 is 32.9 Å². The van der Waals surface area contributed by atoms with Crippen molar-refractivity contribution in [2.24, 2.45) is 10.2 Å². The molecule has 1 N–H and O–H groups in total. The van der Waals surface area contributed by atoms with Crippen LogP contribution in [-0.4, -0.2) is 10.1 Å². The molecule has 1 heterocycles. The maximum absolute atomic E-state index is 12.6. The van der Waals surface area contributed by atoms with Gasteiger partial charge in [0, 0.05) is 5.56 Å². The van der Waals surface area contributed by atoms with E-state index in [4.69, 9.17) is 0 Å². The average Bonchev–Trinajstić information content (AvgIpc) is 3.10. The highest BCUT2D eigenvalue weighted by Crippen LogP contribution is 2.36. The average molecular weight is 413 g/mol. The summed E-state index contributed by atoms with van der Waals surface area (Å²) in [5, 5.41) is 18.5. The van der Waals surface area contributed by atoms with Gasteiger partial charge >= 0.3 is 6.18 Å². The fourth-order valence-corrected chi connectivity index (χ4v) is 3.68. The molecule has 1 aromatic heterocycles. The Kier molecular flexibility index (Phi) is 4.79. The van der Waals surface area contributed by atoms with Gasteiger partial charge in [-0.05, 0) is 67.1 Å². The zero-order valence-electron chi connectivity index (χ0n) is 15.1. The molecule has 4 nitrogen and oxygen atoms in total. The van der Waals surface area contributed by atoms with Crippen molar-refractivity contribution < 1.29 is 18.3 Å². The van der Waals surface area contributed by atoms with Gasteiger partial charge in [-0.2, -0.15) is 18.3 Å². The minimum atomic E-state index is -4.53. The first-order chi connectivity index (χ1) is 13.8. The number of azo groups is 1. The number of fused-ring (bicyclic) bond motifs is 1. The number of aromatic nitrogens is 1. The second-order valence-corrected chi connectivity index (χ2v) is 7.47. The molecule has 29 heavy (non-hydrogen) atoms. The van der Waals surface area contributed by atoms with E-state index in [1.54, 1.807) is 23.5 Å². The lowest BCUT2D eigenvalue weighted by Gasteiger charge is -2.07. The molecule has 0 aliphatic carbocycles. The van der Waals surface area contributed by atoms with E-state index >= 15 is 0 Å². The fourth-order valence-electron chi connectivity index (χ4n) is 2.73. The Labute approximate surface area is 168 Å². The number of halogens is 3. The molecular weight excluding hydrogens is 399 g/mol. The number of hydrogen-bond acceptors (Lipinski definition) is 5. The topological polar surface area (TPSA) is 57.8 Å². The summed E-state index contributed by atoms with van der Waals surface area (Å²) < 4.78 is 39.0. The molecule has 8 heteroatoms. The summed E-state index contributed by atoms with van der Waals surface area (Å²) in [4.78, 5) is 4.65. The predicted octanol–water partition coefficient (Wildman–Crippen LogP) is 7.41. The summed E-state index contributed by atoms with van der Waals surface area (Å²) in [6.07, 6.45) is -4.53. The zero-order valence-corrected chi connectivity index (χ0v) is 15.9. The van der Waals surface area contributed by atoms with Crippen molar-refractivity contribution in [2.75, 3.05) is 0 Å². The van der Waals surface area contributed by atoms with Crippen LogP contribution in [0.15, 0.2) is 70.9 Å². The molecule has 0 fully saturated rings. The van der Waals surface area contributed by atoms with Crippen molar-refractivity contribution in [3.8, 4) is 16.3 Å². The molecule has 0 bridgehead atoms. The molecular formula is C21H14F3N3OS. The highest BCUT2D eigenvalue weighted by molar-refractivity contribution is 7.21. The van der Waals surface area contributed by atoms with Crippen LogP contribution in [0.3, 0.4) is 0 Å². The second-order valence-electron chi connectivity index (χ2n) is 6.44. The van der Waals surface area contributed by atoms with E-state index in [1.807, 2.05) is 37.3 Å². The first kappa shape index (κ1) is 19.1. The van der Waals surface area contributed by atoms with E-state index < -0.39 is 17.5 Å². The smallest absolute Gasteiger partial charge is 0.416 e. The lowest BCUT2D eigenvalue weighted by Crippen LogP contribution is -2.03. The predicted molar refractivity (Wildman–Crippen MR) is 107 cm³/mol. The third-order valence-corrected chi connectivity index (χ3v) is 5.32. The highest BCUT2D eigenvalue weighted by atomic mass is 32.1. The number of nitrogens with zero attached hydrogens (tertiary/aromatic N) is 3. The van der Waals surface area contributed by atoms with Gasteiger partial charge in [0.1, 0.15) is 16.4 Å². The Balaban J connectivity index is 1.55. The monoisotopic (exact) mass is 413 g/mol. The van der Waals surface area contributed by atoms with E-state index in [1.165, 1.54) is 0 Å². The number of benzene rings is 3. The summed E-state index contributed by atoms with van der Waals surface area (Å²) in [5.41, 5.74) is 2.56. The third kappa shape index (κ3) is 4.12. The minimum Gasteiger partial charge on any atom is -0.506 e. The zero-order chi connectivity index (χ0) is 20.6. The van der Waals surface area contributed by atoms with E-state index in [-0.39, 0.29) is 5.69 Å². The summed E-state index contributed by atoms with van der Waals surface area (Å²) in [6.45, 7) is 2.02. The van der Waals surface area contributed by atoms with Crippen molar-refractivity contribution in [3.63, 3.8) is 0 Å². The molecule has 0 unspecified atom stereocenters. The quantitative estimate of drug-likeness (QED) is 0.356. The highest BCUT2D eigenvalue weighted by Gasteiger charge is 2.31. The van der Waals surface area contributed by atoms with Crippen molar-refractivity contribution in [2.45, 2.75) is 13.1 Å². The lowest BCUT2D eigenvalue weighted by atomic mass is 10.2. The van der Waals surface area contributed by atoms with E-state index in [2.05, 4.69) is 15.2 Å². The number of aryl methyl sites for hydroxylation is 1. The van der Waals surface area contributed by atoms with Gasteiger partial charge in [0.2, 0.25) is 0 Å². The van der Waals surface area contributed by atoms with Crippen LogP contribution in [0.25, 0.3) is 20.8 Å². The largest absolute Gasteiger partial charge is 0.506 e. The fraction of sp³-hybridized carbons (Fsp3) is 0.0952. The number of phenols is 1. The maximum atomic E-state index is 12.6.